The molecule has 13 heavy (non-hydrogen) atoms. The molecule has 0 spiro atoms. The van der Waals surface area contributed by atoms with Crippen molar-refractivity contribution < 1.29 is 4.79 Å². The van der Waals surface area contributed by atoms with E-state index in [4.69, 9.17) is 17.3 Å². The van der Waals surface area contributed by atoms with Crippen LogP contribution in [0, 0.1) is 5.92 Å². The van der Waals surface area contributed by atoms with Crippen molar-refractivity contribution in [1.82, 2.24) is 4.90 Å². The van der Waals surface area contributed by atoms with Crippen LogP contribution in [-0.4, -0.2) is 35.3 Å². The second kappa shape index (κ2) is 4.29. The van der Waals surface area contributed by atoms with Crippen LogP contribution in [0.5, 0.6) is 0 Å². The van der Waals surface area contributed by atoms with Crippen LogP contribution in [0.1, 0.15) is 20.3 Å². The van der Waals surface area contributed by atoms with Crippen LogP contribution in [0.15, 0.2) is 0 Å². The number of nitrogens with two attached hydrogens (primary N) is 1. The Morgan fingerprint density at radius 3 is 2.62 bits per heavy atom. The summed E-state index contributed by atoms with van der Waals surface area (Å²) in [5, 5.41) is 0.114. The molecule has 0 aliphatic carbocycles. The van der Waals surface area contributed by atoms with Gasteiger partial charge in [-0.2, -0.15) is 0 Å². The van der Waals surface area contributed by atoms with E-state index < -0.39 is 0 Å². The van der Waals surface area contributed by atoms with Crippen molar-refractivity contribution in [2.75, 3.05) is 13.1 Å². The molecule has 0 bridgehead atoms. The maximum absolute atomic E-state index is 11.7. The first-order chi connectivity index (χ1) is 6.02. The summed E-state index contributed by atoms with van der Waals surface area (Å²) in [4.78, 5) is 13.4. The van der Waals surface area contributed by atoms with Gasteiger partial charge in [-0.1, -0.05) is 13.8 Å². The fourth-order valence-corrected chi connectivity index (χ4v) is 1.68. The topological polar surface area (TPSA) is 46.3 Å². The Kier molecular flexibility index (Phi) is 3.56. The van der Waals surface area contributed by atoms with E-state index in [-0.39, 0.29) is 23.2 Å². The zero-order valence-electron chi connectivity index (χ0n) is 8.16. The zero-order valence-corrected chi connectivity index (χ0v) is 8.92. The van der Waals surface area contributed by atoms with Crippen molar-refractivity contribution in [3.8, 4) is 0 Å². The molecule has 0 unspecified atom stereocenters. The lowest BCUT2D eigenvalue weighted by Crippen LogP contribution is -2.45. The highest BCUT2D eigenvalue weighted by Crippen LogP contribution is 2.16. The van der Waals surface area contributed by atoms with Gasteiger partial charge in [-0.15, -0.1) is 11.6 Å². The lowest BCUT2D eigenvalue weighted by molar-refractivity contribution is -0.132. The fraction of sp³-hybridized carbons (Fsp3) is 0.889. The van der Waals surface area contributed by atoms with Gasteiger partial charge in [0.25, 0.3) is 0 Å². The monoisotopic (exact) mass is 204 g/mol. The Balaban J connectivity index is 2.48. The number of nitrogens with zero attached hydrogens (tertiary/aromatic N) is 1. The Bertz CT molecular complexity index is 196. The fourth-order valence-electron chi connectivity index (χ4n) is 1.41. The number of hydrogen-bond donors (Lipinski definition) is 1. The predicted octanol–water partition coefficient (Wildman–Crippen LogP) is 0.809. The lowest BCUT2D eigenvalue weighted by atomic mass is 10.0. The third-order valence-electron chi connectivity index (χ3n) is 2.45. The molecule has 0 radical (unpaired) electrons. The maximum Gasteiger partial charge on any atom is 0.239 e. The van der Waals surface area contributed by atoms with E-state index in [2.05, 4.69) is 0 Å². The molecule has 3 nitrogen and oxygen atoms in total. The van der Waals surface area contributed by atoms with Crippen molar-refractivity contribution in [3.63, 3.8) is 0 Å². The van der Waals surface area contributed by atoms with Crippen molar-refractivity contribution in [2.24, 2.45) is 11.7 Å². The lowest BCUT2D eigenvalue weighted by Gasteiger charge is -2.22. The smallest absolute Gasteiger partial charge is 0.239 e. The molecule has 1 aliphatic heterocycles. The van der Waals surface area contributed by atoms with E-state index >= 15 is 0 Å². The van der Waals surface area contributed by atoms with Crippen molar-refractivity contribution in [1.29, 1.82) is 0 Å². The average molecular weight is 205 g/mol. The Morgan fingerprint density at radius 2 is 2.23 bits per heavy atom. The van der Waals surface area contributed by atoms with E-state index in [1.54, 1.807) is 4.90 Å². The van der Waals surface area contributed by atoms with Gasteiger partial charge in [-0.3, -0.25) is 4.79 Å². The summed E-state index contributed by atoms with van der Waals surface area (Å²) in [6, 6.07) is -0.373. The minimum absolute atomic E-state index is 0.0400. The molecular formula is C9H17ClN2O. The molecule has 1 aliphatic rings. The van der Waals surface area contributed by atoms with Gasteiger partial charge >= 0.3 is 0 Å². The summed E-state index contributed by atoms with van der Waals surface area (Å²) in [5.41, 5.74) is 5.75. The molecule has 0 aromatic rings. The maximum atomic E-state index is 11.7. The molecule has 2 atom stereocenters. The number of amides is 1. The molecular weight excluding hydrogens is 188 g/mol. The highest BCUT2D eigenvalue weighted by Gasteiger charge is 2.29. The van der Waals surface area contributed by atoms with Gasteiger partial charge in [0, 0.05) is 13.1 Å². The number of hydrogen-bond acceptors (Lipinski definition) is 2. The molecule has 1 heterocycles. The zero-order chi connectivity index (χ0) is 10.0. The first kappa shape index (κ1) is 10.8. The highest BCUT2D eigenvalue weighted by molar-refractivity contribution is 6.21. The largest absolute Gasteiger partial charge is 0.340 e. The van der Waals surface area contributed by atoms with Gasteiger partial charge in [0.2, 0.25) is 5.91 Å². The molecule has 4 heteroatoms. The molecule has 0 aromatic heterocycles. The minimum Gasteiger partial charge on any atom is -0.340 e. The minimum atomic E-state index is -0.373. The molecule has 1 saturated heterocycles. The molecule has 1 amide bonds. The number of halogens is 1. The normalized spacial score (nSPS) is 25.3. The van der Waals surface area contributed by atoms with E-state index in [1.807, 2.05) is 13.8 Å². The van der Waals surface area contributed by atoms with Crippen molar-refractivity contribution >= 4 is 17.5 Å². The van der Waals surface area contributed by atoms with Crippen LogP contribution in [0.4, 0.5) is 0 Å². The molecule has 2 N–H and O–H groups in total. The van der Waals surface area contributed by atoms with Crippen molar-refractivity contribution in [3.05, 3.63) is 0 Å². The molecule has 76 valence electrons. The first-order valence-corrected chi connectivity index (χ1v) is 5.14. The Morgan fingerprint density at radius 1 is 1.62 bits per heavy atom. The highest BCUT2D eigenvalue weighted by atomic mass is 35.5. The quantitative estimate of drug-likeness (QED) is 0.677. The van der Waals surface area contributed by atoms with Gasteiger partial charge in [0.1, 0.15) is 0 Å². The Labute approximate surface area is 84.2 Å². The standard InChI is InChI=1S/C9H17ClN2O/c1-6(2)8(11)9(13)12-4-3-7(10)5-12/h6-8H,3-5,11H2,1-2H3/t7-,8+/m1/s1. The summed E-state index contributed by atoms with van der Waals surface area (Å²) in [7, 11) is 0. The number of likely N-dealkylation sites (tertiary alicyclic amines) is 1. The van der Waals surface area contributed by atoms with Crippen LogP contribution < -0.4 is 5.73 Å². The van der Waals surface area contributed by atoms with E-state index in [9.17, 15) is 4.79 Å². The number of carbonyl (C=O) groups excluding carboxylic acids is 1. The molecule has 0 aromatic carbocycles. The summed E-state index contributed by atoms with van der Waals surface area (Å²) < 4.78 is 0. The first-order valence-electron chi connectivity index (χ1n) is 4.70. The van der Waals surface area contributed by atoms with Gasteiger partial charge in [-0.25, -0.2) is 0 Å². The van der Waals surface area contributed by atoms with Crippen molar-refractivity contribution in [2.45, 2.75) is 31.7 Å². The summed E-state index contributed by atoms with van der Waals surface area (Å²) >= 11 is 5.90. The second-order valence-corrected chi connectivity index (χ2v) is 4.56. The summed E-state index contributed by atoms with van der Waals surface area (Å²) in [6.07, 6.45) is 0.887. The van der Waals surface area contributed by atoms with Gasteiger partial charge < -0.3 is 10.6 Å². The van der Waals surface area contributed by atoms with Gasteiger partial charge in [0.15, 0.2) is 0 Å². The number of alkyl halides is 1. The third kappa shape index (κ3) is 2.58. The molecule has 1 fully saturated rings. The SMILES string of the molecule is CC(C)[C@H](N)C(=O)N1CC[C@@H](Cl)C1. The molecule has 0 saturated carbocycles. The van der Waals surface area contributed by atoms with Gasteiger partial charge in [0.05, 0.1) is 11.4 Å². The van der Waals surface area contributed by atoms with Crippen LogP contribution in [-0.2, 0) is 4.79 Å². The van der Waals surface area contributed by atoms with E-state index in [1.165, 1.54) is 0 Å². The second-order valence-electron chi connectivity index (χ2n) is 3.94. The predicted molar refractivity (Wildman–Crippen MR) is 53.7 cm³/mol. The van der Waals surface area contributed by atoms with Crippen LogP contribution in [0.3, 0.4) is 0 Å². The van der Waals surface area contributed by atoms with Gasteiger partial charge in [-0.05, 0) is 12.3 Å². The van der Waals surface area contributed by atoms with Crippen LogP contribution >= 0.6 is 11.6 Å². The molecule has 1 rings (SSSR count). The van der Waals surface area contributed by atoms with E-state index in [0.717, 1.165) is 13.0 Å². The summed E-state index contributed by atoms with van der Waals surface area (Å²) in [6.45, 7) is 5.32. The van der Waals surface area contributed by atoms with E-state index in [0.29, 0.717) is 6.54 Å². The number of carbonyl (C=O) groups is 1. The van der Waals surface area contributed by atoms with Crippen LogP contribution in [0.2, 0.25) is 0 Å². The Hall–Kier alpha value is -0.280. The van der Waals surface area contributed by atoms with Crippen LogP contribution in [0.25, 0.3) is 0 Å². The number of rotatable bonds is 2. The average Bonchev–Trinajstić information content (AvgIpc) is 2.49. The third-order valence-corrected chi connectivity index (χ3v) is 2.80. The summed E-state index contributed by atoms with van der Waals surface area (Å²) in [5.74, 6) is 0.236.